The van der Waals surface area contributed by atoms with Crippen molar-refractivity contribution in [1.29, 1.82) is 0 Å². The van der Waals surface area contributed by atoms with Gasteiger partial charge in [0.15, 0.2) is 0 Å². The highest BCUT2D eigenvalue weighted by Gasteiger charge is 2.24. The molecular formula is C12H19ClSi2. The molecule has 15 heavy (non-hydrogen) atoms. The maximum atomic E-state index is 6.64. The minimum Gasteiger partial charge on any atom is -0.156 e. The molecule has 0 aliphatic rings. The summed E-state index contributed by atoms with van der Waals surface area (Å²) in [5.41, 5.74) is 4.63. The zero-order valence-electron chi connectivity index (χ0n) is 9.92. The van der Waals surface area contributed by atoms with Crippen molar-refractivity contribution < 1.29 is 0 Å². The van der Waals surface area contributed by atoms with E-state index in [4.69, 9.17) is 11.1 Å². The Kier molecular flexibility index (Phi) is 3.98. The zero-order chi connectivity index (χ0) is 11.5. The molecule has 1 aromatic rings. The molecule has 0 aromatic heterocycles. The molecule has 0 saturated heterocycles. The summed E-state index contributed by atoms with van der Waals surface area (Å²) in [5.74, 6) is 0. The van der Waals surface area contributed by atoms with Gasteiger partial charge in [0.05, 0.1) is 8.07 Å². The van der Waals surface area contributed by atoms with Gasteiger partial charge in [-0.3, -0.25) is 0 Å². The molecule has 0 heterocycles. The summed E-state index contributed by atoms with van der Waals surface area (Å²) in [7, 11) is -2.99. The SMILES string of the molecule is C[Si](C)(C)/C=C/[Si](C)(Cl)c1ccccc1. The number of hydrogen-bond acceptors (Lipinski definition) is 0. The van der Waals surface area contributed by atoms with E-state index < -0.39 is 15.5 Å². The summed E-state index contributed by atoms with van der Waals surface area (Å²) in [6.45, 7) is 9.17. The van der Waals surface area contributed by atoms with Crippen LogP contribution in [0.2, 0.25) is 26.2 Å². The van der Waals surface area contributed by atoms with E-state index in [1.807, 2.05) is 6.07 Å². The topological polar surface area (TPSA) is 0 Å². The van der Waals surface area contributed by atoms with Crippen LogP contribution in [-0.2, 0) is 0 Å². The Morgan fingerprint density at radius 2 is 1.47 bits per heavy atom. The lowest BCUT2D eigenvalue weighted by Crippen LogP contribution is -2.37. The maximum Gasteiger partial charge on any atom is 0.206 e. The molecular weight excluding hydrogens is 236 g/mol. The Bertz CT molecular complexity index is 336. The average molecular weight is 255 g/mol. The molecule has 0 amide bonds. The fraction of sp³-hybridized carbons (Fsp3) is 0.333. The zero-order valence-corrected chi connectivity index (χ0v) is 12.7. The van der Waals surface area contributed by atoms with E-state index in [1.165, 1.54) is 5.19 Å². The summed E-state index contributed by atoms with van der Waals surface area (Å²) in [6.07, 6.45) is 0. The average Bonchev–Trinajstić information content (AvgIpc) is 2.16. The van der Waals surface area contributed by atoms with Crippen LogP contribution in [0.15, 0.2) is 41.7 Å². The van der Waals surface area contributed by atoms with Crippen molar-refractivity contribution >= 4 is 31.7 Å². The molecule has 0 nitrogen and oxygen atoms in total. The van der Waals surface area contributed by atoms with Crippen molar-refractivity contribution in [3.63, 3.8) is 0 Å². The van der Waals surface area contributed by atoms with Crippen LogP contribution in [0.4, 0.5) is 0 Å². The van der Waals surface area contributed by atoms with E-state index in [2.05, 4.69) is 61.9 Å². The molecule has 0 aliphatic carbocycles. The van der Waals surface area contributed by atoms with Gasteiger partial charge in [0, 0.05) is 0 Å². The van der Waals surface area contributed by atoms with E-state index in [0.29, 0.717) is 0 Å². The molecule has 1 aromatic carbocycles. The highest BCUT2D eigenvalue weighted by molar-refractivity contribution is 7.29. The van der Waals surface area contributed by atoms with Crippen LogP contribution in [0.5, 0.6) is 0 Å². The van der Waals surface area contributed by atoms with Crippen LogP contribution in [0.1, 0.15) is 0 Å². The van der Waals surface area contributed by atoms with Gasteiger partial charge >= 0.3 is 0 Å². The second-order valence-corrected chi connectivity index (χ2v) is 15.6. The maximum absolute atomic E-state index is 6.64. The first kappa shape index (κ1) is 12.8. The summed E-state index contributed by atoms with van der Waals surface area (Å²) in [4.78, 5) is 0. The Morgan fingerprint density at radius 3 is 1.93 bits per heavy atom. The molecule has 0 spiro atoms. The monoisotopic (exact) mass is 254 g/mol. The van der Waals surface area contributed by atoms with E-state index >= 15 is 0 Å². The van der Waals surface area contributed by atoms with Crippen LogP contribution in [0, 0.1) is 0 Å². The first-order chi connectivity index (χ1) is 6.81. The van der Waals surface area contributed by atoms with Gasteiger partial charge in [0.25, 0.3) is 0 Å². The molecule has 0 aliphatic heterocycles. The first-order valence-electron chi connectivity index (χ1n) is 5.26. The third kappa shape index (κ3) is 4.37. The fourth-order valence-corrected chi connectivity index (χ4v) is 6.50. The highest BCUT2D eigenvalue weighted by Crippen LogP contribution is 2.13. The number of rotatable bonds is 3. The molecule has 0 fully saturated rings. The first-order valence-corrected chi connectivity index (χ1v) is 12.4. The van der Waals surface area contributed by atoms with Gasteiger partial charge in [-0.25, -0.2) is 0 Å². The molecule has 0 radical (unpaired) electrons. The van der Waals surface area contributed by atoms with Crippen LogP contribution >= 0.6 is 11.1 Å². The smallest absolute Gasteiger partial charge is 0.156 e. The van der Waals surface area contributed by atoms with Crippen LogP contribution in [0.3, 0.4) is 0 Å². The summed E-state index contributed by atoms with van der Waals surface area (Å²) >= 11 is 6.64. The third-order valence-corrected chi connectivity index (χ3v) is 7.02. The minimum atomic E-state index is -1.86. The van der Waals surface area contributed by atoms with Gasteiger partial charge in [0.2, 0.25) is 7.38 Å². The molecule has 1 unspecified atom stereocenters. The molecule has 1 rings (SSSR count). The highest BCUT2D eigenvalue weighted by atomic mass is 35.6. The molecule has 0 bridgehead atoms. The lowest BCUT2D eigenvalue weighted by Gasteiger charge is -2.17. The Hall–Kier alpha value is -0.316. The van der Waals surface area contributed by atoms with E-state index in [9.17, 15) is 0 Å². The van der Waals surface area contributed by atoms with Gasteiger partial charge in [-0.2, -0.15) is 11.1 Å². The van der Waals surface area contributed by atoms with Crippen molar-refractivity contribution in [2.45, 2.75) is 26.2 Å². The predicted octanol–water partition coefficient (Wildman–Crippen LogP) is 3.68. The van der Waals surface area contributed by atoms with Gasteiger partial charge in [-0.05, 0) is 11.7 Å². The van der Waals surface area contributed by atoms with E-state index in [1.54, 1.807) is 0 Å². The number of hydrogen-bond donors (Lipinski definition) is 0. The Morgan fingerprint density at radius 1 is 0.933 bits per heavy atom. The Balaban J connectivity index is 2.90. The van der Waals surface area contributed by atoms with Crippen molar-refractivity contribution in [3.8, 4) is 0 Å². The van der Waals surface area contributed by atoms with Crippen LogP contribution < -0.4 is 5.19 Å². The van der Waals surface area contributed by atoms with Gasteiger partial charge < -0.3 is 0 Å². The number of halogens is 1. The standard InChI is InChI=1S/C12H19ClSi2/c1-14(2,3)10-11-15(4,13)12-8-6-5-7-9-12/h5-11H,1-4H3/b11-10+. The Labute approximate surface area is 99.7 Å². The summed E-state index contributed by atoms with van der Waals surface area (Å²) < 4.78 is 0. The normalized spacial score (nSPS) is 16.6. The molecule has 1 atom stereocenters. The predicted molar refractivity (Wildman–Crippen MR) is 76.0 cm³/mol. The largest absolute Gasteiger partial charge is 0.206 e. The van der Waals surface area contributed by atoms with Crippen molar-refractivity contribution in [2.24, 2.45) is 0 Å². The van der Waals surface area contributed by atoms with Gasteiger partial charge in [-0.1, -0.05) is 55.7 Å². The lowest BCUT2D eigenvalue weighted by atomic mass is 10.4. The summed E-state index contributed by atoms with van der Waals surface area (Å²) in [5, 5.41) is 1.29. The second-order valence-electron chi connectivity index (χ2n) is 5.14. The molecule has 0 saturated carbocycles. The minimum absolute atomic E-state index is 1.13. The van der Waals surface area contributed by atoms with Crippen LogP contribution in [0.25, 0.3) is 0 Å². The lowest BCUT2D eigenvalue weighted by molar-refractivity contribution is 1.74. The van der Waals surface area contributed by atoms with Crippen molar-refractivity contribution in [1.82, 2.24) is 0 Å². The molecule has 82 valence electrons. The fourth-order valence-electron chi connectivity index (χ4n) is 1.27. The quantitative estimate of drug-likeness (QED) is 0.570. The van der Waals surface area contributed by atoms with Crippen molar-refractivity contribution in [2.75, 3.05) is 0 Å². The second kappa shape index (κ2) is 4.68. The molecule has 3 heteroatoms. The van der Waals surface area contributed by atoms with Gasteiger partial charge in [-0.15, -0.1) is 5.70 Å². The van der Waals surface area contributed by atoms with Crippen molar-refractivity contribution in [3.05, 3.63) is 41.7 Å². The third-order valence-electron chi connectivity index (χ3n) is 2.23. The van der Waals surface area contributed by atoms with E-state index in [-0.39, 0.29) is 0 Å². The summed E-state index contributed by atoms with van der Waals surface area (Å²) in [6, 6.07) is 10.4. The van der Waals surface area contributed by atoms with Crippen LogP contribution in [-0.4, -0.2) is 15.5 Å². The molecule has 0 N–H and O–H groups in total. The van der Waals surface area contributed by atoms with Gasteiger partial charge in [0.1, 0.15) is 0 Å². The number of benzene rings is 1. The van der Waals surface area contributed by atoms with E-state index in [0.717, 1.165) is 0 Å².